The van der Waals surface area contributed by atoms with Crippen molar-refractivity contribution in [3.8, 4) is 22.6 Å². The number of nitrogens with two attached hydrogens (primary N) is 1. The molecule has 0 spiro atoms. The van der Waals surface area contributed by atoms with Gasteiger partial charge in [0.2, 0.25) is 12.7 Å². The Labute approximate surface area is 120 Å². The van der Waals surface area contributed by atoms with E-state index in [0.29, 0.717) is 5.57 Å². The van der Waals surface area contributed by atoms with E-state index < -0.39 is 5.91 Å². The lowest BCUT2D eigenvalue weighted by atomic mass is 10.1. The number of amides is 1. The Morgan fingerprint density at radius 2 is 2.05 bits per heavy atom. The second kappa shape index (κ2) is 5.02. The van der Waals surface area contributed by atoms with Crippen molar-refractivity contribution in [1.82, 2.24) is 0 Å². The van der Waals surface area contributed by atoms with Crippen LogP contribution in [0.2, 0.25) is 0 Å². The molecule has 0 aliphatic carbocycles. The molecule has 0 radical (unpaired) electrons. The predicted molar refractivity (Wildman–Crippen MR) is 78.7 cm³/mol. The van der Waals surface area contributed by atoms with Gasteiger partial charge in [-0.05, 0) is 47.7 Å². The van der Waals surface area contributed by atoms with E-state index in [9.17, 15) is 4.79 Å². The summed E-state index contributed by atoms with van der Waals surface area (Å²) in [6, 6.07) is 7.87. The van der Waals surface area contributed by atoms with Crippen molar-refractivity contribution in [1.29, 1.82) is 0 Å². The van der Waals surface area contributed by atoms with Crippen LogP contribution in [-0.2, 0) is 4.79 Å². The van der Waals surface area contributed by atoms with Gasteiger partial charge in [-0.25, -0.2) is 0 Å². The molecule has 1 amide bonds. The number of thiophene rings is 1. The number of fused-ring (bicyclic) bond motifs is 1. The molecule has 1 aliphatic heterocycles. The van der Waals surface area contributed by atoms with Crippen LogP contribution in [-0.4, -0.2) is 12.7 Å². The van der Waals surface area contributed by atoms with Crippen molar-refractivity contribution in [3.63, 3.8) is 0 Å². The van der Waals surface area contributed by atoms with Crippen LogP contribution < -0.4 is 15.2 Å². The second-order valence-corrected chi connectivity index (χ2v) is 5.44. The zero-order chi connectivity index (χ0) is 14.1. The number of ether oxygens (including phenoxy) is 2. The van der Waals surface area contributed by atoms with Gasteiger partial charge >= 0.3 is 0 Å². The van der Waals surface area contributed by atoms with Gasteiger partial charge in [0, 0.05) is 10.5 Å². The van der Waals surface area contributed by atoms with E-state index in [1.165, 1.54) is 0 Å². The van der Waals surface area contributed by atoms with Crippen molar-refractivity contribution in [2.75, 3.05) is 6.79 Å². The maximum atomic E-state index is 11.0. The van der Waals surface area contributed by atoms with Crippen LogP contribution in [0, 0.1) is 0 Å². The maximum absolute atomic E-state index is 11.0. The molecule has 1 aromatic heterocycles. The summed E-state index contributed by atoms with van der Waals surface area (Å²) >= 11 is 1.57. The summed E-state index contributed by atoms with van der Waals surface area (Å²) in [5, 5.41) is 2.04. The molecule has 1 aliphatic rings. The fourth-order valence-corrected chi connectivity index (χ4v) is 2.85. The van der Waals surface area contributed by atoms with Crippen molar-refractivity contribution >= 4 is 23.3 Å². The highest BCUT2D eigenvalue weighted by atomic mass is 32.1. The minimum absolute atomic E-state index is 0.272. The molecule has 0 saturated heterocycles. The summed E-state index contributed by atoms with van der Waals surface area (Å²) in [5.74, 6) is 1.14. The molecule has 2 aromatic rings. The molecule has 2 N–H and O–H groups in total. The van der Waals surface area contributed by atoms with Crippen LogP contribution in [0.4, 0.5) is 0 Å². The second-order valence-electron chi connectivity index (χ2n) is 4.50. The van der Waals surface area contributed by atoms with E-state index in [0.717, 1.165) is 27.5 Å². The highest BCUT2D eigenvalue weighted by molar-refractivity contribution is 7.11. The Balaban J connectivity index is 1.90. The van der Waals surface area contributed by atoms with E-state index in [1.807, 2.05) is 29.6 Å². The number of carbonyl (C=O) groups is 1. The van der Waals surface area contributed by atoms with E-state index >= 15 is 0 Å². The molecular formula is C15H13NO3S. The van der Waals surface area contributed by atoms with Crippen LogP contribution in [0.1, 0.15) is 11.8 Å². The quantitative estimate of drug-likeness (QED) is 0.883. The SMILES string of the molecule is C/C(=C\c1cc(-c2ccc3c(c2)OCO3)cs1)C(N)=O. The summed E-state index contributed by atoms with van der Waals surface area (Å²) in [6.07, 6.45) is 1.80. The third-order valence-electron chi connectivity index (χ3n) is 3.07. The molecule has 1 aromatic carbocycles. The van der Waals surface area contributed by atoms with Crippen molar-refractivity contribution in [3.05, 3.63) is 40.1 Å². The Morgan fingerprint density at radius 1 is 1.25 bits per heavy atom. The fourth-order valence-electron chi connectivity index (χ4n) is 1.94. The summed E-state index contributed by atoms with van der Waals surface area (Å²) in [5.41, 5.74) is 7.91. The predicted octanol–water partition coefficient (Wildman–Crippen LogP) is 3.03. The lowest BCUT2D eigenvalue weighted by molar-refractivity contribution is -0.114. The topological polar surface area (TPSA) is 61.6 Å². The van der Waals surface area contributed by atoms with Gasteiger partial charge in [-0.1, -0.05) is 6.07 Å². The smallest absolute Gasteiger partial charge is 0.244 e. The summed E-state index contributed by atoms with van der Waals surface area (Å²) < 4.78 is 10.7. The molecule has 0 atom stereocenters. The Bertz CT molecular complexity index is 703. The number of rotatable bonds is 3. The number of benzene rings is 1. The van der Waals surface area contributed by atoms with Crippen LogP contribution >= 0.6 is 11.3 Å². The molecule has 2 heterocycles. The number of hydrogen-bond donors (Lipinski definition) is 1. The molecule has 0 saturated carbocycles. The van der Waals surface area contributed by atoms with Gasteiger partial charge in [0.1, 0.15) is 0 Å². The first kappa shape index (κ1) is 12.7. The largest absolute Gasteiger partial charge is 0.454 e. The van der Waals surface area contributed by atoms with Gasteiger partial charge in [0.05, 0.1) is 0 Å². The first-order valence-electron chi connectivity index (χ1n) is 6.10. The van der Waals surface area contributed by atoms with E-state index in [2.05, 4.69) is 0 Å². The lowest BCUT2D eigenvalue weighted by Crippen LogP contribution is -2.11. The normalized spacial score (nSPS) is 13.6. The molecule has 20 heavy (non-hydrogen) atoms. The fraction of sp³-hybridized carbons (Fsp3) is 0.133. The highest BCUT2D eigenvalue weighted by Gasteiger charge is 2.14. The van der Waals surface area contributed by atoms with Crippen LogP contribution in [0.3, 0.4) is 0 Å². The molecule has 102 valence electrons. The minimum atomic E-state index is -0.400. The van der Waals surface area contributed by atoms with Gasteiger partial charge in [0.25, 0.3) is 0 Å². The minimum Gasteiger partial charge on any atom is -0.454 e. The monoisotopic (exact) mass is 287 g/mol. The summed E-state index contributed by atoms with van der Waals surface area (Å²) in [6.45, 7) is 1.98. The van der Waals surface area contributed by atoms with Crippen LogP contribution in [0.15, 0.2) is 35.2 Å². The van der Waals surface area contributed by atoms with E-state index in [1.54, 1.807) is 24.3 Å². The number of primary amides is 1. The van der Waals surface area contributed by atoms with Gasteiger partial charge in [-0.2, -0.15) is 0 Å². The third-order valence-corrected chi connectivity index (χ3v) is 3.95. The lowest BCUT2D eigenvalue weighted by Gasteiger charge is -2.00. The number of carbonyl (C=O) groups excluding carboxylic acids is 1. The molecule has 0 fully saturated rings. The van der Waals surface area contributed by atoms with Gasteiger partial charge < -0.3 is 15.2 Å². The van der Waals surface area contributed by atoms with Gasteiger partial charge in [-0.3, -0.25) is 4.79 Å². The molecule has 3 rings (SSSR count). The molecular weight excluding hydrogens is 274 g/mol. The first-order chi connectivity index (χ1) is 9.63. The van der Waals surface area contributed by atoms with Crippen LogP contribution in [0.5, 0.6) is 11.5 Å². The van der Waals surface area contributed by atoms with E-state index in [-0.39, 0.29) is 6.79 Å². The Kier molecular flexibility index (Phi) is 3.20. The van der Waals surface area contributed by atoms with Crippen molar-refractivity contribution in [2.45, 2.75) is 6.92 Å². The number of hydrogen-bond acceptors (Lipinski definition) is 4. The maximum Gasteiger partial charge on any atom is 0.244 e. The van der Waals surface area contributed by atoms with Crippen LogP contribution in [0.25, 0.3) is 17.2 Å². The molecule has 0 bridgehead atoms. The Hall–Kier alpha value is -2.27. The standard InChI is InChI=1S/C15H13NO3S/c1-9(15(16)17)4-12-5-11(7-20-12)10-2-3-13-14(6-10)19-8-18-13/h2-7H,8H2,1H3,(H2,16,17)/b9-4+. The Morgan fingerprint density at radius 3 is 2.85 bits per heavy atom. The molecule has 0 unspecified atom stereocenters. The zero-order valence-electron chi connectivity index (χ0n) is 10.9. The van der Waals surface area contributed by atoms with Crippen molar-refractivity contribution < 1.29 is 14.3 Å². The first-order valence-corrected chi connectivity index (χ1v) is 6.98. The van der Waals surface area contributed by atoms with E-state index in [4.69, 9.17) is 15.2 Å². The average Bonchev–Trinajstić information content (AvgIpc) is 3.05. The molecule has 4 nitrogen and oxygen atoms in total. The average molecular weight is 287 g/mol. The van der Waals surface area contributed by atoms with Gasteiger partial charge in [-0.15, -0.1) is 11.3 Å². The summed E-state index contributed by atoms with van der Waals surface area (Å²) in [4.78, 5) is 12.0. The summed E-state index contributed by atoms with van der Waals surface area (Å²) in [7, 11) is 0. The third kappa shape index (κ3) is 2.40. The van der Waals surface area contributed by atoms with Crippen molar-refractivity contribution in [2.24, 2.45) is 5.73 Å². The molecule has 5 heteroatoms. The van der Waals surface area contributed by atoms with Gasteiger partial charge in [0.15, 0.2) is 11.5 Å². The zero-order valence-corrected chi connectivity index (χ0v) is 11.7. The highest BCUT2D eigenvalue weighted by Crippen LogP contribution is 2.37.